The number of aromatic nitrogens is 2. The van der Waals surface area contributed by atoms with Crippen LogP contribution in [0.5, 0.6) is 0 Å². The van der Waals surface area contributed by atoms with Crippen molar-refractivity contribution in [3.8, 4) is 11.1 Å². The molecule has 0 aliphatic rings. The molecule has 0 aliphatic heterocycles. The second-order valence-electron chi connectivity index (χ2n) is 5.45. The van der Waals surface area contributed by atoms with Crippen molar-refractivity contribution in [1.82, 2.24) is 9.97 Å². The Hall–Kier alpha value is -3.05. The van der Waals surface area contributed by atoms with Crippen molar-refractivity contribution in [3.05, 3.63) is 69.6 Å². The van der Waals surface area contributed by atoms with Crippen LogP contribution in [0.4, 0.5) is 0 Å². The first-order chi connectivity index (χ1) is 11.6. The van der Waals surface area contributed by atoms with Gasteiger partial charge in [-0.3, -0.25) is 4.79 Å². The van der Waals surface area contributed by atoms with E-state index in [0.717, 1.165) is 11.1 Å². The van der Waals surface area contributed by atoms with Gasteiger partial charge in [0.2, 0.25) is 0 Å². The highest BCUT2D eigenvalue weighted by molar-refractivity contribution is 6.33. The lowest BCUT2D eigenvalue weighted by Crippen LogP contribution is -2.07. The number of hydrogen-bond donors (Lipinski definition) is 3. The van der Waals surface area contributed by atoms with Crippen LogP contribution in [-0.2, 0) is 0 Å². The molecule has 0 radical (unpaired) electrons. The number of pyridine rings is 1. The molecule has 0 bridgehead atoms. The maximum absolute atomic E-state index is 12.1. The van der Waals surface area contributed by atoms with E-state index in [0.29, 0.717) is 21.3 Å². The molecule has 3 N–H and O–H groups in total. The van der Waals surface area contributed by atoms with Gasteiger partial charge < -0.3 is 15.1 Å². The zero-order chi connectivity index (χ0) is 16.8. The Morgan fingerprint density at radius 1 is 1.12 bits per heavy atom. The van der Waals surface area contributed by atoms with Crippen LogP contribution in [0.25, 0.3) is 32.9 Å². The van der Waals surface area contributed by atoms with Crippen molar-refractivity contribution in [2.75, 3.05) is 0 Å². The van der Waals surface area contributed by atoms with Crippen LogP contribution in [-0.4, -0.2) is 21.0 Å². The summed E-state index contributed by atoms with van der Waals surface area (Å²) in [5.41, 5.74) is 2.22. The Balaban J connectivity index is 2.13. The molecule has 0 fully saturated rings. The average molecular weight is 339 g/mol. The minimum atomic E-state index is -1.09. The van der Waals surface area contributed by atoms with E-state index in [4.69, 9.17) is 11.6 Å². The Bertz CT molecular complexity index is 1170. The van der Waals surface area contributed by atoms with Crippen LogP contribution < -0.4 is 5.56 Å². The molecule has 2 aromatic heterocycles. The molecule has 0 saturated carbocycles. The second kappa shape index (κ2) is 5.25. The van der Waals surface area contributed by atoms with Crippen molar-refractivity contribution in [2.24, 2.45) is 0 Å². The summed E-state index contributed by atoms with van der Waals surface area (Å²) >= 11 is 6.26. The summed E-state index contributed by atoms with van der Waals surface area (Å²) in [6.45, 7) is 0. The van der Waals surface area contributed by atoms with Crippen LogP contribution >= 0.6 is 11.6 Å². The largest absolute Gasteiger partial charge is 0.478 e. The van der Waals surface area contributed by atoms with Gasteiger partial charge in [-0.15, -0.1) is 0 Å². The second-order valence-corrected chi connectivity index (χ2v) is 5.86. The fraction of sp³-hybridized carbons (Fsp3) is 0. The van der Waals surface area contributed by atoms with E-state index < -0.39 is 5.97 Å². The van der Waals surface area contributed by atoms with Gasteiger partial charge in [0.05, 0.1) is 5.56 Å². The van der Waals surface area contributed by atoms with E-state index in [-0.39, 0.29) is 16.6 Å². The summed E-state index contributed by atoms with van der Waals surface area (Å²) in [7, 11) is 0. The van der Waals surface area contributed by atoms with Gasteiger partial charge in [0.15, 0.2) is 0 Å². The normalized spacial score (nSPS) is 11.2. The predicted octanol–water partition coefficient (Wildman–Crippen LogP) is 4.03. The van der Waals surface area contributed by atoms with Gasteiger partial charge in [-0.25, -0.2) is 4.79 Å². The van der Waals surface area contributed by atoms with Gasteiger partial charge in [-0.2, -0.15) is 0 Å². The molecule has 4 rings (SSSR count). The van der Waals surface area contributed by atoms with Crippen molar-refractivity contribution < 1.29 is 9.90 Å². The SMILES string of the molecule is O=C(O)c1c[nH]c2c(=O)[nH]c3ccc(-c4ccccc4Cl)cc3c12. The third-order valence-corrected chi connectivity index (χ3v) is 4.39. The highest BCUT2D eigenvalue weighted by Crippen LogP contribution is 2.32. The van der Waals surface area contributed by atoms with Gasteiger partial charge in [0.25, 0.3) is 5.56 Å². The molecule has 0 atom stereocenters. The van der Waals surface area contributed by atoms with Crippen molar-refractivity contribution >= 4 is 39.4 Å². The fourth-order valence-electron chi connectivity index (χ4n) is 2.96. The maximum Gasteiger partial charge on any atom is 0.337 e. The van der Waals surface area contributed by atoms with Crippen LogP contribution in [0, 0.1) is 0 Å². The zero-order valence-electron chi connectivity index (χ0n) is 12.3. The zero-order valence-corrected chi connectivity index (χ0v) is 13.0. The first-order valence-corrected chi connectivity index (χ1v) is 7.59. The Labute approximate surface area is 140 Å². The minimum Gasteiger partial charge on any atom is -0.478 e. The highest BCUT2D eigenvalue weighted by Gasteiger charge is 2.17. The quantitative estimate of drug-likeness (QED) is 0.516. The number of carbonyl (C=O) groups is 1. The van der Waals surface area contributed by atoms with E-state index in [1.165, 1.54) is 6.20 Å². The van der Waals surface area contributed by atoms with Crippen molar-refractivity contribution in [2.45, 2.75) is 0 Å². The number of aromatic carboxylic acids is 1. The Kier molecular flexibility index (Phi) is 3.18. The topological polar surface area (TPSA) is 85.9 Å². The fourth-order valence-corrected chi connectivity index (χ4v) is 3.20. The number of halogens is 1. The van der Waals surface area contributed by atoms with Gasteiger partial charge in [-0.1, -0.05) is 35.9 Å². The Morgan fingerprint density at radius 2 is 1.92 bits per heavy atom. The molecule has 6 heteroatoms. The molecule has 0 saturated heterocycles. The molecule has 118 valence electrons. The first-order valence-electron chi connectivity index (χ1n) is 7.21. The van der Waals surface area contributed by atoms with Gasteiger partial charge >= 0.3 is 5.97 Å². The molecule has 0 aliphatic carbocycles. The standard InChI is InChI=1S/C18H11ClN2O3/c19-13-4-2-1-3-10(13)9-5-6-14-11(7-9)15-12(18(23)24)8-20-16(15)17(22)21-14/h1-8,20H,(H,21,22)(H,23,24). The number of carboxylic acid groups (broad SMARTS) is 1. The molecule has 2 heterocycles. The lowest BCUT2D eigenvalue weighted by Gasteiger charge is -2.07. The molecule has 4 aromatic rings. The van der Waals surface area contributed by atoms with Gasteiger partial charge in [0, 0.05) is 33.1 Å². The summed E-state index contributed by atoms with van der Waals surface area (Å²) < 4.78 is 0. The van der Waals surface area contributed by atoms with Gasteiger partial charge in [0.1, 0.15) is 5.52 Å². The summed E-state index contributed by atoms with van der Waals surface area (Å²) in [5.74, 6) is -1.09. The van der Waals surface area contributed by atoms with Gasteiger partial charge in [-0.05, 0) is 23.8 Å². The summed E-state index contributed by atoms with van der Waals surface area (Å²) in [4.78, 5) is 29.1. The minimum absolute atomic E-state index is 0.0670. The number of rotatable bonds is 2. The maximum atomic E-state index is 12.1. The molecule has 0 spiro atoms. The number of nitrogens with one attached hydrogen (secondary N) is 2. The summed E-state index contributed by atoms with van der Waals surface area (Å²) in [5, 5.41) is 11.1. The number of H-pyrrole nitrogens is 2. The van der Waals surface area contributed by atoms with E-state index in [1.807, 2.05) is 30.3 Å². The molecule has 2 aromatic carbocycles. The smallest absolute Gasteiger partial charge is 0.337 e. The van der Waals surface area contributed by atoms with Crippen LogP contribution in [0.2, 0.25) is 5.02 Å². The van der Waals surface area contributed by atoms with Crippen molar-refractivity contribution in [3.63, 3.8) is 0 Å². The number of benzene rings is 2. The number of carboxylic acids is 1. The van der Waals surface area contributed by atoms with Crippen molar-refractivity contribution in [1.29, 1.82) is 0 Å². The van der Waals surface area contributed by atoms with Crippen LogP contribution in [0.15, 0.2) is 53.5 Å². The molecule has 0 unspecified atom stereocenters. The molecule has 5 nitrogen and oxygen atoms in total. The van der Waals surface area contributed by atoms with Crippen LogP contribution in [0.1, 0.15) is 10.4 Å². The summed E-state index contributed by atoms with van der Waals surface area (Å²) in [6.07, 6.45) is 1.34. The molecular formula is C18H11ClN2O3. The highest BCUT2D eigenvalue weighted by atomic mass is 35.5. The van der Waals surface area contributed by atoms with Crippen LogP contribution in [0.3, 0.4) is 0 Å². The van der Waals surface area contributed by atoms with E-state index in [2.05, 4.69) is 9.97 Å². The Morgan fingerprint density at radius 3 is 2.67 bits per heavy atom. The third kappa shape index (κ3) is 2.10. The average Bonchev–Trinajstić information content (AvgIpc) is 3.01. The van der Waals surface area contributed by atoms with E-state index in [1.54, 1.807) is 12.1 Å². The molecule has 24 heavy (non-hydrogen) atoms. The predicted molar refractivity (Wildman–Crippen MR) is 93.8 cm³/mol. The molecule has 0 amide bonds. The monoisotopic (exact) mass is 338 g/mol. The number of fused-ring (bicyclic) bond motifs is 3. The summed E-state index contributed by atoms with van der Waals surface area (Å²) in [6, 6.07) is 12.9. The number of hydrogen-bond acceptors (Lipinski definition) is 2. The lowest BCUT2D eigenvalue weighted by atomic mass is 10.0. The first kappa shape index (κ1) is 14.5. The third-order valence-electron chi connectivity index (χ3n) is 4.06. The molecular weight excluding hydrogens is 328 g/mol. The number of aromatic amines is 2. The van der Waals surface area contributed by atoms with E-state index in [9.17, 15) is 14.7 Å². The van der Waals surface area contributed by atoms with E-state index >= 15 is 0 Å². The lowest BCUT2D eigenvalue weighted by molar-refractivity contribution is 0.0699.